The molecule has 1 aliphatic rings. The van der Waals surface area contributed by atoms with Crippen molar-refractivity contribution in [1.29, 1.82) is 0 Å². The predicted molar refractivity (Wildman–Crippen MR) is 75.9 cm³/mol. The molecule has 4 heteroatoms. The number of fused-ring (bicyclic) bond motifs is 1. The summed E-state index contributed by atoms with van der Waals surface area (Å²) in [5, 5.41) is 3.38. The number of nitrogens with one attached hydrogen (secondary N) is 1. The van der Waals surface area contributed by atoms with Crippen LogP contribution in [0.1, 0.15) is 56.7 Å². The molecule has 0 aliphatic heterocycles. The molecule has 1 atom stereocenters. The summed E-state index contributed by atoms with van der Waals surface area (Å²) in [6.45, 7) is 8.00. The van der Waals surface area contributed by atoms with E-state index in [0.29, 0.717) is 12.6 Å². The second kappa shape index (κ2) is 5.97. The van der Waals surface area contributed by atoms with Gasteiger partial charge in [-0.3, -0.25) is 0 Å². The molecular weight excluding hydrogens is 238 g/mol. The van der Waals surface area contributed by atoms with Crippen LogP contribution in [0.25, 0.3) is 0 Å². The van der Waals surface area contributed by atoms with Crippen LogP contribution in [-0.4, -0.2) is 23.6 Å². The highest BCUT2D eigenvalue weighted by Crippen LogP contribution is 2.39. The quantitative estimate of drug-likeness (QED) is 0.830. The van der Waals surface area contributed by atoms with Crippen molar-refractivity contribution in [2.45, 2.75) is 52.7 Å². The topological polar surface area (TPSA) is 47.0 Å². The average Bonchev–Trinajstić information content (AvgIpc) is 2.36. The van der Waals surface area contributed by atoms with Gasteiger partial charge in [-0.05, 0) is 31.7 Å². The standard InChI is InChI=1S/C15H25N3O/c1-5-6-19-10-14-17-9-11-12(16-4)7-15(2,3)8-13(11)18-14/h9,12,16H,5-8,10H2,1-4H3. The van der Waals surface area contributed by atoms with E-state index in [2.05, 4.69) is 31.1 Å². The largest absolute Gasteiger partial charge is 0.373 e. The van der Waals surface area contributed by atoms with E-state index in [1.165, 1.54) is 11.3 Å². The Morgan fingerprint density at radius 3 is 2.95 bits per heavy atom. The van der Waals surface area contributed by atoms with Crippen molar-refractivity contribution in [3.8, 4) is 0 Å². The second-order valence-electron chi connectivity index (χ2n) is 6.13. The minimum Gasteiger partial charge on any atom is -0.373 e. The lowest BCUT2D eigenvalue weighted by Crippen LogP contribution is -2.32. The summed E-state index contributed by atoms with van der Waals surface area (Å²) >= 11 is 0. The maximum absolute atomic E-state index is 5.52. The molecule has 1 unspecified atom stereocenters. The molecular formula is C15H25N3O. The number of ether oxygens (including phenoxy) is 1. The van der Waals surface area contributed by atoms with Crippen LogP contribution in [0.3, 0.4) is 0 Å². The van der Waals surface area contributed by atoms with E-state index in [0.717, 1.165) is 31.7 Å². The third-order valence-corrected chi connectivity index (χ3v) is 3.66. The third-order valence-electron chi connectivity index (χ3n) is 3.66. The maximum atomic E-state index is 5.52. The van der Waals surface area contributed by atoms with Crippen molar-refractivity contribution >= 4 is 0 Å². The van der Waals surface area contributed by atoms with Gasteiger partial charge in [-0.25, -0.2) is 9.97 Å². The summed E-state index contributed by atoms with van der Waals surface area (Å²) in [7, 11) is 2.01. The molecule has 0 bridgehead atoms. The Labute approximate surface area is 116 Å². The van der Waals surface area contributed by atoms with E-state index in [1.54, 1.807) is 0 Å². The SMILES string of the molecule is CCCOCc1ncc2c(n1)CC(C)(C)CC2NC. The molecule has 0 amide bonds. The Hall–Kier alpha value is -1.00. The zero-order valence-electron chi connectivity index (χ0n) is 12.5. The van der Waals surface area contributed by atoms with Crippen LogP contribution in [0.15, 0.2) is 6.20 Å². The van der Waals surface area contributed by atoms with Gasteiger partial charge < -0.3 is 10.1 Å². The fourth-order valence-corrected chi connectivity index (χ4v) is 2.72. The molecule has 1 heterocycles. The first-order chi connectivity index (χ1) is 9.05. The maximum Gasteiger partial charge on any atom is 0.154 e. The molecule has 19 heavy (non-hydrogen) atoms. The lowest BCUT2D eigenvalue weighted by atomic mass is 9.74. The predicted octanol–water partition coefficient (Wildman–Crippen LogP) is 2.64. The fourth-order valence-electron chi connectivity index (χ4n) is 2.72. The normalized spacial score (nSPS) is 21.2. The first kappa shape index (κ1) is 14.4. The zero-order chi connectivity index (χ0) is 13.9. The minimum absolute atomic E-state index is 0.288. The van der Waals surface area contributed by atoms with E-state index in [1.807, 2.05) is 13.2 Å². The summed E-state index contributed by atoms with van der Waals surface area (Å²) in [5.41, 5.74) is 2.72. The molecule has 1 N–H and O–H groups in total. The van der Waals surface area contributed by atoms with Crippen LogP contribution in [0.4, 0.5) is 0 Å². The van der Waals surface area contributed by atoms with Gasteiger partial charge in [-0.15, -0.1) is 0 Å². The lowest BCUT2D eigenvalue weighted by Gasteiger charge is -2.36. The Morgan fingerprint density at radius 2 is 2.26 bits per heavy atom. The van der Waals surface area contributed by atoms with Gasteiger partial charge in [0.2, 0.25) is 0 Å². The van der Waals surface area contributed by atoms with E-state index in [9.17, 15) is 0 Å². The Morgan fingerprint density at radius 1 is 1.47 bits per heavy atom. The van der Waals surface area contributed by atoms with Crippen LogP contribution in [0.2, 0.25) is 0 Å². The lowest BCUT2D eigenvalue weighted by molar-refractivity contribution is 0.115. The molecule has 1 aromatic rings. The summed E-state index contributed by atoms with van der Waals surface area (Å²) < 4.78 is 5.52. The number of nitrogens with zero attached hydrogens (tertiary/aromatic N) is 2. The molecule has 0 fully saturated rings. The van der Waals surface area contributed by atoms with Crippen molar-refractivity contribution in [1.82, 2.24) is 15.3 Å². The first-order valence-corrected chi connectivity index (χ1v) is 7.15. The number of aromatic nitrogens is 2. The molecule has 0 aromatic carbocycles. The molecule has 0 saturated carbocycles. The van der Waals surface area contributed by atoms with Crippen LogP contribution >= 0.6 is 0 Å². The molecule has 106 valence electrons. The summed E-state index contributed by atoms with van der Waals surface area (Å²) in [5.74, 6) is 0.805. The number of hydrogen-bond donors (Lipinski definition) is 1. The summed E-state index contributed by atoms with van der Waals surface area (Å²) in [6, 6.07) is 0.365. The fraction of sp³-hybridized carbons (Fsp3) is 0.733. The van der Waals surface area contributed by atoms with E-state index in [4.69, 9.17) is 9.72 Å². The molecule has 0 spiro atoms. The second-order valence-corrected chi connectivity index (χ2v) is 6.13. The van der Waals surface area contributed by atoms with Crippen molar-refractivity contribution < 1.29 is 4.74 Å². The molecule has 0 radical (unpaired) electrons. The smallest absolute Gasteiger partial charge is 0.154 e. The molecule has 2 rings (SSSR count). The molecule has 1 aliphatic carbocycles. The van der Waals surface area contributed by atoms with Crippen LogP contribution in [-0.2, 0) is 17.8 Å². The zero-order valence-corrected chi connectivity index (χ0v) is 12.5. The highest BCUT2D eigenvalue weighted by molar-refractivity contribution is 5.26. The van der Waals surface area contributed by atoms with Gasteiger partial charge >= 0.3 is 0 Å². The van der Waals surface area contributed by atoms with Crippen molar-refractivity contribution in [2.24, 2.45) is 5.41 Å². The van der Waals surface area contributed by atoms with E-state index < -0.39 is 0 Å². The number of hydrogen-bond acceptors (Lipinski definition) is 4. The Kier molecular flexibility index (Phi) is 4.53. The average molecular weight is 263 g/mol. The summed E-state index contributed by atoms with van der Waals surface area (Å²) in [4.78, 5) is 9.14. The van der Waals surface area contributed by atoms with Gasteiger partial charge in [0.15, 0.2) is 5.82 Å². The van der Waals surface area contributed by atoms with E-state index in [-0.39, 0.29) is 5.41 Å². The minimum atomic E-state index is 0.288. The van der Waals surface area contributed by atoms with Crippen LogP contribution in [0, 0.1) is 5.41 Å². The third kappa shape index (κ3) is 3.51. The molecule has 0 saturated heterocycles. The van der Waals surface area contributed by atoms with Gasteiger partial charge in [0.25, 0.3) is 0 Å². The van der Waals surface area contributed by atoms with Crippen LogP contribution in [0.5, 0.6) is 0 Å². The van der Waals surface area contributed by atoms with Gasteiger partial charge in [-0.1, -0.05) is 20.8 Å². The van der Waals surface area contributed by atoms with Crippen molar-refractivity contribution in [2.75, 3.05) is 13.7 Å². The van der Waals surface area contributed by atoms with Gasteiger partial charge in [0.05, 0.1) is 0 Å². The summed E-state index contributed by atoms with van der Waals surface area (Å²) in [6.07, 6.45) is 5.15. The first-order valence-electron chi connectivity index (χ1n) is 7.15. The molecule has 4 nitrogen and oxygen atoms in total. The highest BCUT2D eigenvalue weighted by atomic mass is 16.5. The monoisotopic (exact) mass is 263 g/mol. The van der Waals surface area contributed by atoms with Gasteiger partial charge in [0.1, 0.15) is 6.61 Å². The van der Waals surface area contributed by atoms with Crippen LogP contribution < -0.4 is 5.32 Å². The highest BCUT2D eigenvalue weighted by Gasteiger charge is 2.32. The van der Waals surface area contributed by atoms with Gasteiger partial charge in [0, 0.05) is 30.1 Å². The molecule has 1 aromatic heterocycles. The van der Waals surface area contributed by atoms with Gasteiger partial charge in [-0.2, -0.15) is 0 Å². The van der Waals surface area contributed by atoms with Crippen molar-refractivity contribution in [3.63, 3.8) is 0 Å². The van der Waals surface area contributed by atoms with Crippen molar-refractivity contribution in [3.05, 3.63) is 23.3 Å². The Balaban J connectivity index is 2.18. The number of rotatable bonds is 5. The van der Waals surface area contributed by atoms with E-state index >= 15 is 0 Å². The Bertz CT molecular complexity index is 431.